The van der Waals surface area contributed by atoms with E-state index in [0.29, 0.717) is 6.04 Å². The zero-order chi connectivity index (χ0) is 14.5. The first kappa shape index (κ1) is 16.3. The molecule has 4 unspecified atom stereocenters. The fraction of sp³-hybridized carbons (Fsp3) is 1.00. The third-order valence-corrected chi connectivity index (χ3v) is 5.59. The molecule has 0 aromatic carbocycles. The summed E-state index contributed by atoms with van der Waals surface area (Å²) < 4.78 is 0. The second-order valence-corrected chi connectivity index (χ2v) is 7.29. The Labute approximate surface area is 126 Å². The van der Waals surface area contributed by atoms with Crippen molar-refractivity contribution in [3.05, 3.63) is 0 Å². The molecule has 1 saturated heterocycles. The van der Waals surface area contributed by atoms with E-state index in [0.717, 1.165) is 17.9 Å². The average molecular weight is 281 g/mol. The highest BCUT2D eigenvalue weighted by atomic mass is 15.2. The van der Waals surface area contributed by atoms with E-state index in [4.69, 9.17) is 0 Å². The maximum absolute atomic E-state index is 3.58. The number of likely N-dealkylation sites (N-methyl/N-ethyl adjacent to an activating group) is 2. The molecule has 0 aromatic rings. The molecule has 118 valence electrons. The fourth-order valence-electron chi connectivity index (χ4n) is 4.44. The van der Waals surface area contributed by atoms with Gasteiger partial charge in [-0.3, -0.25) is 0 Å². The number of rotatable bonds is 6. The molecule has 1 N–H and O–H groups in total. The van der Waals surface area contributed by atoms with Crippen molar-refractivity contribution in [1.82, 2.24) is 15.1 Å². The van der Waals surface area contributed by atoms with Crippen LogP contribution >= 0.6 is 0 Å². The van der Waals surface area contributed by atoms with Crippen molar-refractivity contribution in [3.8, 4) is 0 Å². The Bertz CT molecular complexity index is 281. The molecule has 20 heavy (non-hydrogen) atoms. The molecule has 1 aliphatic heterocycles. The lowest BCUT2D eigenvalue weighted by molar-refractivity contribution is 0.106. The van der Waals surface area contributed by atoms with Gasteiger partial charge in [0.05, 0.1) is 0 Å². The van der Waals surface area contributed by atoms with Gasteiger partial charge in [0.25, 0.3) is 0 Å². The molecule has 3 nitrogen and oxygen atoms in total. The lowest BCUT2D eigenvalue weighted by Crippen LogP contribution is -2.52. The number of likely N-dealkylation sites (tertiary alicyclic amines) is 1. The first-order chi connectivity index (χ1) is 9.63. The molecule has 0 aromatic heterocycles. The van der Waals surface area contributed by atoms with E-state index >= 15 is 0 Å². The van der Waals surface area contributed by atoms with Crippen LogP contribution in [0.1, 0.15) is 45.4 Å². The van der Waals surface area contributed by atoms with Crippen LogP contribution in [-0.4, -0.2) is 62.7 Å². The lowest BCUT2D eigenvalue weighted by Gasteiger charge is -2.42. The van der Waals surface area contributed by atoms with E-state index < -0.39 is 0 Å². The second-order valence-electron chi connectivity index (χ2n) is 7.29. The number of nitrogens with one attached hydrogen (secondary N) is 1. The third-order valence-electron chi connectivity index (χ3n) is 5.59. The van der Waals surface area contributed by atoms with Gasteiger partial charge in [0.1, 0.15) is 0 Å². The second kappa shape index (κ2) is 7.77. The van der Waals surface area contributed by atoms with Crippen molar-refractivity contribution in [3.63, 3.8) is 0 Å². The Morgan fingerprint density at radius 3 is 2.60 bits per heavy atom. The molecule has 1 heterocycles. The predicted molar refractivity (Wildman–Crippen MR) is 87.1 cm³/mol. The molecule has 0 amide bonds. The Morgan fingerprint density at radius 2 is 2.00 bits per heavy atom. The summed E-state index contributed by atoms with van der Waals surface area (Å²) in [4.78, 5) is 5.15. The van der Waals surface area contributed by atoms with E-state index in [1.54, 1.807) is 0 Å². The van der Waals surface area contributed by atoms with Gasteiger partial charge >= 0.3 is 0 Å². The normalized spacial score (nSPS) is 35.9. The molecule has 2 fully saturated rings. The average Bonchev–Trinajstić information content (AvgIpc) is 2.84. The number of hydrogen-bond donors (Lipinski definition) is 1. The van der Waals surface area contributed by atoms with E-state index in [9.17, 15) is 0 Å². The van der Waals surface area contributed by atoms with Crippen LogP contribution in [0.5, 0.6) is 0 Å². The van der Waals surface area contributed by atoms with Gasteiger partial charge in [-0.2, -0.15) is 0 Å². The van der Waals surface area contributed by atoms with Gasteiger partial charge in [-0.15, -0.1) is 0 Å². The minimum Gasteiger partial charge on any atom is -0.315 e. The van der Waals surface area contributed by atoms with Gasteiger partial charge in [0, 0.05) is 25.2 Å². The van der Waals surface area contributed by atoms with Crippen LogP contribution < -0.4 is 5.32 Å². The molecule has 3 heteroatoms. The first-order valence-corrected chi connectivity index (χ1v) is 8.70. The van der Waals surface area contributed by atoms with Crippen molar-refractivity contribution >= 4 is 0 Å². The van der Waals surface area contributed by atoms with Gasteiger partial charge in [0.2, 0.25) is 0 Å². The van der Waals surface area contributed by atoms with Gasteiger partial charge < -0.3 is 15.1 Å². The van der Waals surface area contributed by atoms with E-state index in [1.165, 1.54) is 58.2 Å². The van der Waals surface area contributed by atoms with Crippen LogP contribution in [-0.2, 0) is 0 Å². The molecular weight excluding hydrogens is 246 g/mol. The molecule has 2 rings (SSSR count). The summed E-state index contributed by atoms with van der Waals surface area (Å²) in [7, 11) is 6.77. The van der Waals surface area contributed by atoms with E-state index in [1.807, 2.05) is 0 Å². The standard InChI is InChI=1S/C17H35N3/c1-5-6-14-7-8-16(18-2)17(11-14)20(4)13-15-9-10-19(3)12-15/h14-18H,5-13H2,1-4H3. The molecule has 2 aliphatic rings. The predicted octanol–water partition coefficient (Wildman–Crippen LogP) is 2.43. The van der Waals surface area contributed by atoms with Crippen molar-refractivity contribution < 1.29 is 0 Å². The van der Waals surface area contributed by atoms with Crippen LogP contribution in [0.2, 0.25) is 0 Å². The van der Waals surface area contributed by atoms with Crippen molar-refractivity contribution in [2.24, 2.45) is 11.8 Å². The molecule has 1 aliphatic carbocycles. The largest absolute Gasteiger partial charge is 0.315 e. The Kier molecular flexibility index (Phi) is 6.31. The quantitative estimate of drug-likeness (QED) is 0.807. The monoisotopic (exact) mass is 281 g/mol. The van der Waals surface area contributed by atoms with Crippen LogP contribution in [0, 0.1) is 11.8 Å². The minimum atomic E-state index is 0.701. The lowest BCUT2D eigenvalue weighted by atomic mass is 9.79. The summed E-state index contributed by atoms with van der Waals surface area (Å²) in [6, 6.07) is 1.45. The minimum absolute atomic E-state index is 0.701. The molecule has 0 spiro atoms. The maximum atomic E-state index is 3.58. The SMILES string of the molecule is CCCC1CCC(NC)C(N(C)CC2CCN(C)C2)C1. The summed E-state index contributed by atoms with van der Waals surface area (Å²) in [5.41, 5.74) is 0. The smallest absolute Gasteiger partial charge is 0.0248 e. The van der Waals surface area contributed by atoms with Gasteiger partial charge in [-0.25, -0.2) is 0 Å². The maximum Gasteiger partial charge on any atom is 0.0248 e. The van der Waals surface area contributed by atoms with Gasteiger partial charge in [0.15, 0.2) is 0 Å². The Morgan fingerprint density at radius 1 is 1.20 bits per heavy atom. The van der Waals surface area contributed by atoms with Crippen molar-refractivity contribution in [2.45, 2.75) is 57.5 Å². The van der Waals surface area contributed by atoms with Crippen LogP contribution in [0.4, 0.5) is 0 Å². The van der Waals surface area contributed by atoms with Crippen LogP contribution in [0.25, 0.3) is 0 Å². The topological polar surface area (TPSA) is 18.5 Å². The fourth-order valence-corrected chi connectivity index (χ4v) is 4.44. The summed E-state index contributed by atoms with van der Waals surface area (Å²) in [6.07, 6.45) is 8.34. The summed E-state index contributed by atoms with van der Waals surface area (Å²) >= 11 is 0. The van der Waals surface area contributed by atoms with Gasteiger partial charge in [-0.05, 0) is 65.2 Å². The highest BCUT2D eigenvalue weighted by molar-refractivity contribution is 4.90. The molecular formula is C17H35N3. The van der Waals surface area contributed by atoms with Crippen LogP contribution in [0.3, 0.4) is 0 Å². The molecule has 4 atom stereocenters. The third kappa shape index (κ3) is 4.19. The Balaban J connectivity index is 1.88. The van der Waals surface area contributed by atoms with Crippen molar-refractivity contribution in [1.29, 1.82) is 0 Å². The summed E-state index contributed by atoms with van der Waals surface area (Å²) in [5, 5.41) is 3.58. The highest BCUT2D eigenvalue weighted by Gasteiger charge is 2.33. The summed E-state index contributed by atoms with van der Waals surface area (Å²) in [5.74, 6) is 1.84. The van der Waals surface area contributed by atoms with Gasteiger partial charge in [-0.1, -0.05) is 19.8 Å². The van der Waals surface area contributed by atoms with Crippen LogP contribution in [0.15, 0.2) is 0 Å². The Hall–Kier alpha value is -0.120. The molecule has 1 saturated carbocycles. The van der Waals surface area contributed by atoms with E-state index in [2.05, 4.69) is 43.2 Å². The number of hydrogen-bond acceptors (Lipinski definition) is 3. The highest BCUT2D eigenvalue weighted by Crippen LogP contribution is 2.31. The molecule has 0 radical (unpaired) electrons. The zero-order valence-electron chi connectivity index (χ0n) is 14.1. The van der Waals surface area contributed by atoms with E-state index in [-0.39, 0.29) is 0 Å². The summed E-state index contributed by atoms with van der Waals surface area (Å²) in [6.45, 7) is 6.19. The van der Waals surface area contributed by atoms with Crippen molar-refractivity contribution in [2.75, 3.05) is 40.8 Å². The molecule has 0 bridgehead atoms. The number of nitrogens with zero attached hydrogens (tertiary/aromatic N) is 2. The first-order valence-electron chi connectivity index (χ1n) is 8.70. The zero-order valence-corrected chi connectivity index (χ0v) is 14.1.